The molecule has 2 rings (SSSR count). The van der Waals surface area contributed by atoms with Crippen molar-refractivity contribution in [2.45, 2.75) is 6.92 Å². The molecule has 2 aromatic rings. The molecule has 0 saturated carbocycles. The van der Waals surface area contributed by atoms with Crippen LogP contribution in [0.4, 0.5) is 0 Å². The number of nitrogens with one attached hydrogen (secondary N) is 1. The zero-order valence-electron chi connectivity index (χ0n) is 6.75. The summed E-state index contributed by atoms with van der Waals surface area (Å²) in [6.45, 7) is 1.93. The highest BCUT2D eigenvalue weighted by Gasteiger charge is 2.11. The Balaban J connectivity index is 2.64. The highest BCUT2D eigenvalue weighted by atomic mass is 79.9. The topological polar surface area (TPSA) is 46.5 Å². The maximum Gasteiger partial charge on any atom is 0.139 e. The molecule has 0 amide bonds. The standard InChI is InChI=1S/C7H6Br2N4/c1-4-11-6(8)7(9)13(4)5-2-3-10-12-5/h2-3H,1H3,(H,10,12). The predicted molar refractivity (Wildman–Crippen MR) is 55.8 cm³/mol. The van der Waals surface area contributed by atoms with Gasteiger partial charge in [0.15, 0.2) is 0 Å². The van der Waals surface area contributed by atoms with E-state index in [0.29, 0.717) is 0 Å². The fourth-order valence-electron chi connectivity index (χ4n) is 1.13. The van der Waals surface area contributed by atoms with Crippen molar-refractivity contribution in [1.29, 1.82) is 0 Å². The van der Waals surface area contributed by atoms with Gasteiger partial charge in [0.05, 0.1) is 6.20 Å². The third-order valence-corrected chi connectivity index (χ3v) is 3.49. The summed E-state index contributed by atoms with van der Waals surface area (Å²) in [7, 11) is 0. The van der Waals surface area contributed by atoms with Gasteiger partial charge in [-0.1, -0.05) is 0 Å². The molecule has 68 valence electrons. The van der Waals surface area contributed by atoms with E-state index in [1.807, 2.05) is 17.6 Å². The average molecular weight is 306 g/mol. The van der Waals surface area contributed by atoms with Crippen molar-refractivity contribution in [2.24, 2.45) is 0 Å². The molecule has 0 fully saturated rings. The van der Waals surface area contributed by atoms with Gasteiger partial charge in [-0.05, 0) is 38.8 Å². The van der Waals surface area contributed by atoms with Crippen LogP contribution in [0.25, 0.3) is 5.82 Å². The molecule has 0 unspecified atom stereocenters. The molecule has 0 aromatic carbocycles. The van der Waals surface area contributed by atoms with Crippen LogP contribution in [0, 0.1) is 6.92 Å². The Kier molecular flexibility index (Phi) is 2.25. The van der Waals surface area contributed by atoms with Gasteiger partial charge < -0.3 is 0 Å². The highest BCUT2D eigenvalue weighted by molar-refractivity contribution is 9.13. The Labute approximate surface area is 91.6 Å². The van der Waals surface area contributed by atoms with E-state index >= 15 is 0 Å². The van der Waals surface area contributed by atoms with Crippen molar-refractivity contribution in [2.75, 3.05) is 0 Å². The Morgan fingerprint density at radius 2 is 2.23 bits per heavy atom. The van der Waals surface area contributed by atoms with Crippen LogP contribution in [0.3, 0.4) is 0 Å². The van der Waals surface area contributed by atoms with E-state index in [1.165, 1.54) is 0 Å². The molecule has 6 heteroatoms. The lowest BCUT2D eigenvalue weighted by molar-refractivity contribution is 0.898. The minimum Gasteiger partial charge on any atom is -0.274 e. The molecule has 1 N–H and O–H groups in total. The van der Waals surface area contributed by atoms with Crippen LogP contribution < -0.4 is 0 Å². The molecule has 2 aromatic heterocycles. The van der Waals surface area contributed by atoms with Gasteiger partial charge >= 0.3 is 0 Å². The van der Waals surface area contributed by atoms with E-state index in [2.05, 4.69) is 47.0 Å². The van der Waals surface area contributed by atoms with Crippen LogP contribution in [0.1, 0.15) is 5.82 Å². The second-order valence-electron chi connectivity index (χ2n) is 2.52. The van der Waals surface area contributed by atoms with Crippen molar-refractivity contribution in [3.05, 3.63) is 27.3 Å². The van der Waals surface area contributed by atoms with Gasteiger partial charge in [0.25, 0.3) is 0 Å². The van der Waals surface area contributed by atoms with Crippen LogP contribution in [0.2, 0.25) is 0 Å². The van der Waals surface area contributed by atoms with Gasteiger partial charge in [0, 0.05) is 6.07 Å². The number of aromatic nitrogens is 4. The number of hydrogen-bond donors (Lipinski definition) is 1. The smallest absolute Gasteiger partial charge is 0.139 e. The summed E-state index contributed by atoms with van der Waals surface area (Å²) < 4.78 is 3.60. The summed E-state index contributed by atoms with van der Waals surface area (Å²) in [5.74, 6) is 1.78. The van der Waals surface area contributed by atoms with Crippen molar-refractivity contribution in [3.8, 4) is 5.82 Å². The molecule has 0 spiro atoms. The van der Waals surface area contributed by atoms with Gasteiger partial charge in [-0.15, -0.1) is 0 Å². The zero-order chi connectivity index (χ0) is 9.42. The molecular weight excluding hydrogens is 300 g/mol. The van der Waals surface area contributed by atoms with Gasteiger partial charge in [-0.2, -0.15) is 5.10 Å². The summed E-state index contributed by atoms with van der Waals surface area (Å²) in [4.78, 5) is 4.25. The van der Waals surface area contributed by atoms with E-state index in [4.69, 9.17) is 0 Å². The molecule has 2 heterocycles. The number of nitrogens with zero attached hydrogens (tertiary/aromatic N) is 3. The second-order valence-corrected chi connectivity index (χ2v) is 4.02. The second kappa shape index (κ2) is 3.26. The lowest BCUT2D eigenvalue weighted by atomic mass is 10.6. The molecule has 0 bridgehead atoms. The minimum atomic E-state index is 0.791. The van der Waals surface area contributed by atoms with Gasteiger partial charge in [-0.3, -0.25) is 9.67 Å². The van der Waals surface area contributed by atoms with Gasteiger partial charge in [-0.25, -0.2) is 4.98 Å². The Hall–Kier alpha value is -0.620. The Morgan fingerprint density at radius 1 is 1.46 bits per heavy atom. The highest BCUT2D eigenvalue weighted by Crippen LogP contribution is 2.26. The maximum absolute atomic E-state index is 4.25. The van der Waals surface area contributed by atoms with Crippen LogP contribution in [0.5, 0.6) is 0 Å². The molecule has 0 atom stereocenters. The first-order valence-electron chi connectivity index (χ1n) is 3.60. The first-order chi connectivity index (χ1) is 6.20. The summed E-state index contributed by atoms with van der Waals surface area (Å²) in [5, 5.41) is 6.75. The summed E-state index contributed by atoms with van der Waals surface area (Å²) in [5.41, 5.74) is 0. The summed E-state index contributed by atoms with van der Waals surface area (Å²) in [6, 6.07) is 1.88. The van der Waals surface area contributed by atoms with Crippen LogP contribution in [0.15, 0.2) is 21.5 Å². The van der Waals surface area contributed by atoms with Gasteiger partial charge in [0.2, 0.25) is 0 Å². The monoisotopic (exact) mass is 304 g/mol. The first-order valence-corrected chi connectivity index (χ1v) is 5.19. The van der Waals surface area contributed by atoms with Crippen LogP contribution >= 0.6 is 31.9 Å². The fraction of sp³-hybridized carbons (Fsp3) is 0.143. The van der Waals surface area contributed by atoms with E-state index in [-0.39, 0.29) is 0 Å². The number of aromatic amines is 1. The molecule has 0 aliphatic heterocycles. The molecular formula is C7H6Br2N4. The fourth-order valence-corrected chi connectivity index (χ4v) is 2.10. The number of rotatable bonds is 1. The largest absolute Gasteiger partial charge is 0.274 e. The van der Waals surface area contributed by atoms with E-state index in [0.717, 1.165) is 20.8 Å². The van der Waals surface area contributed by atoms with E-state index < -0.39 is 0 Å². The normalized spacial score (nSPS) is 10.7. The van der Waals surface area contributed by atoms with Crippen molar-refractivity contribution in [3.63, 3.8) is 0 Å². The quantitative estimate of drug-likeness (QED) is 0.879. The maximum atomic E-state index is 4.25. The van der Waals surface area contributed by atoms with Crippen molar-refractivity contribution >= 4 is 31.9 Å². The number of aryl methyl sites for hydroxylation is 1. The number of H-pyrrole nitrogens is 1. The molecule has 4 nitrogen and oxygen atoms in total. The predicted octanol–water partition coefficient (Wildman–Crippen LogP) is 2.43. The summed E-state index contributed by atoms with van der Waals surface area (Å²) >= 11 is 6.77. The van der Waals surface area contributed by atoms with Crippen LogP contribution in [-0.2, 0) is 0 Å². The lowest BCUT2D eigenvalue weighted by Crippen LogP contribution is -1.97. The SMILES string of the molecule is Cc1nc(Br)c(Br)n1-c1ccn[nH]1. The number of halogens is 2. The number of hydrogen-bond acceptors (Lipinski definition) is 2. The summed E-state index contributed by atoms with van der Waals surface area (Å²) in [6.07, 6.45) is 1.70. The number of imidazole rings is 1. The molecule has 0 radical (unpaired) electrons. The molecule has 0 aliphatic carbocycles. The first kappa shape index (κ1) is 8.96. The van der Waals surface area contributed by atoms with Crippen molar-refractivity contribution in [1.82, 2.24) is 19.7 Å². The van der Waals surface area contributed by atoms with Crippen molar-refractivity contribution < 1.29 is 0 Å². The zero-order valence-corrected chi connectivity index (χ0v) is 9.92. The van der Waals surface area contributed by atoms with Gasteiger partial charge in [0.1, 0.15) is 20.8 Å². The molecule has 0 aliphatic rings. The third kappa shape index (κ3) is 1.44. The Morgan fingerprint density at radius 3 is 2.69 bits per heavy atom. The average Bonchev–Trinajstić information content (AvgIpc) is 2.63. The molecule has 0 saturated heterocycles. The minimum absolute atomic E-state index is 0.791. The third-order valence-electron chi connectivity index (χ3n) is 1.68. The Bertz CT molecular complexity index is 418. The van der Waals surface area contributed by atoms with E-state index in [9.17, 15) is 0 Å². The molecule has 13 heavy (non-hydrogen) atoms. The van der Waals surface area contributed by atoms with Crippen LogP contribution in [-0.4, -0.2) is 19.7 Å². The van der Waals surface area contributed by atoms with E-state index in [1.54, 1.807) is 6.20 Å². The lowest BCUT2D eigenvalue weighted by Gasteiger charge is -2.01.